The Balaban J connectivity index is 1.56. The summed E-state index contributed by atoms with van der Waals surface area (Å²) >= 11 is 1.61. The lowest BCUT2D eigenvalue weighted by atomic mass is 9.85. The third-order valence-electron chi connectivity index (χ3n) is 4.10. The lowest BCUT2D eigenvalue weighted by molar-refractivity contribution is -0.126. The van der Waals surface area contributed by atoms with Gasteiger partial charge in [-0.3, -0.25) is 4.79 Å². The second kappa shape index (κ2) is 7.03. The summed E-state index contributed by atoms with van der Waals surface area (Å²) in [7, 11) is 0. The van der Waals surface area contributed by atoms with Crippen LogP contribution in [-0.4, -0.2) is 16.9 Å². The van der Waals surface area contributed by atoms with Crippen LogP contribution in [0, 0.1) is 5.92 Å². The van der Waals surface area contributed by atoms with Gasteiger partial charge in [0.15, 0.2) is 0 Å². The van der Waals surface area contributed by atoms with Crippen molar-refractivity contribution in [3.63, 3.8) is 0 Å². The summed E-state index contributed by atoms with van der Waals surface area (Å²) in [5.41, 5.74) is 7.98. The Bertz CT molecular complexity index is 626. The zero-order valence-corrected chi connectivity index (χ0v) is 13.3. The van der Waals surface area contributed by atoms with E-state index in [1.165, 1.54) is 0 Å². The molecule has 116 valence electrons. The third-order valence-corrected chi connectivity index (χ3v) is 5.04. The average molecular weight is 315 g/mol. The maximum atomic E-state index is 12.2. The van der Waals surface area contributed by atoms with Gasteiger partial charge in [0, 0.05) is 22.9 Å². The van der Waals surface area contributed by atoms with E-state index in [1.807, 2.05) is 35.7 Å². The molecule has 1 fully saturated rings. The average Bonchev–Trinajstić information content (AvgIpc) is 3.02. The minimum absolute atomic E-state index is 0.0657. The number of hydrogen-bond donors (Lipinski definition) is 2. The first-order valence-corrected chi connectivity index (χ1v) is 8.63. The summed E-state index contributed by atoms with van der Waals surface area (Å²) in [6.45, 7) is 0.494. The number of nitrogens with two attached hydrogens (primary N) is 1. The molecule has 1 aromatic carbocycles. The fraction of sp³-hybridized carbons (Fsp3) is 0.412. The van der Waals surface area contributed by atoms with Crippen molar-refractivity contribution >= 4 is 17.2 Å². The number of nitrogens with zero attached hydrogens (tertiary/aromatic N) is 1. The number of nitrogens with one attached hydrogen (secondary N) is 1. The molecule has 4 nitrogen and oxygen atoms in total. The molecule has 1 aliphatic rings. The smallest absolute Gasteiger partial charge is 0.223 e. The van der Waals surface area contributed by atoms with E-state index < -0.39 is 0 Å². The molecular formula is C17H21N3OS. The lowest BCUT2D eigenvalue weighted by Crippen LogP contribution is -2.37. The molecule has 0 bridgehead atoms. The minimum Gasteiger partial charge on any atom is -0.350 e. The third kappa shape index (κ3) is 3.72. The molecule has 0 saturated heterocycles. The highest BCUT2D eigenvalue weighted by Crippen LogP contribution is 2.24. The molecule has 2 atom stereocenters. The van der Waals surface area contributed by atoms with Crippen LogP contribution in [0.3, 0.4) is 0 Å². The highest BCUT2D eigenvalue weighted by atomic mass is 32.1. The SMILES string of the molecule is NC1CCCC(C(=O)NCc2csc(-c3ccccc3)n2)C1. The molecule has 3 rings (SSSR count). The van der Waals surface area contributed by atoms with E-state index >= 15 is 0 Å². The van der Waals surface area contributed by atoms with Crippen LogP contribution in [0.5, 0.6) is 0 Å². The van der Waals surface area contributed by atoms with Crippen LogP contribution in [0.25, 0.3) is 10.6 Å². The number of benzene rings is 1. The summed E-state index contributed by atoms with van der Waals surface area (Å²) < 4.78 is 0. The van der Waals surface area contributed by atoms with Crippen LogP contribution in [-0.2, 0) is 11.3 Å². The molecule has 0 radical (unpaired) electrons. The highest BCUT2D eigenvalue weighted by Gasteiger charge is 2.25. The largest absolute Gasteiger partial charge is 0.350 e. The van der Waals surface area contributed by atoms with Crippen molar-refractivity contribution < 1.29 is 4.79 Å². The fourth-order valence-electron chi connectivity index (χ4n) is 2.89. The summed E-state index contributed by atoms with van der Waals surface area (Å²) in [5.74, 6) is 0.181. The quantitative estimate of drug-likeness (QED) is 0.911. The van der Waals surface area contributed by atoms with Crippen LogP contribution in [0.2, 0.25) is 0 Å². The van der Waals surface area contributed by atoms with Crippen LogP contribution >= 0.6 is 11.3 Å². The zero-order valence-electron chi connectivity index (χ0n) is 12.5. The number of hydrogen-bond acceptors (Lipinski definition) is 4. The maximum Gasteiger partial charge on any atom is 0.223 e. The van der Waals surface area contributed by atoms with Gasteiger partial charge in [-0.2, -0.15) is 0 Å². The Morgan fingerprint density at radius 3 is 2.91 bits per heavy atom. The number of carbonyl (C=O) groups excluding carboxylic acids is 1. The normalized spacial score (nSPS) is 21.5. The standard InChI is InChI=1S/C17H21N3OS/c18-14-8-4-7-13(9-14)16(21)19-10-15-11-22-17(20-15)12-5-2-1-3-6-12/h1-3,5-6,11,13-14H,4,7-10,18H2,(H,19,21). The van der Waals surface area contributed by atoms with E-state index in [1.54, 1.807) is 11.3 Å². The van der Waals surface area contributed by atoms with Crippen molar-refractivity contribution in [2.45, 2.75) is 38.3 Å². The van der Waals surface area contributed by atoms with Crippen molar-refractivity contribution in [2.75, 3.05) is 0 Å². The van der Waals surface area contributed by atoms with Gasteiger partial charge in [0.1, 0.15) is 5.01 Å². The Morgan fingerprint density at radius 2 is 2.14 bits per heavy atom. The minimum atomic E-state index is 0.0657. The van der Waals surface area contributed by atoms with E-state index in [4.69, 9.17) is 5.73 Å². The number of rotatable bonds is 4. The molecule has 1 saturated carbocycles. The van der Waals surface area contributed by atoms with E-state index in [0.29, 0.717) is 6.54 Å². The first-order chi connectivity index (χ1) is 10.7. The van der Waals surface area contributed by atoms with Crippen molar-refractivity contribution in [3.05, 3.63) is 41.4 Å². The zero-order chi connectivity index (χ0) is 15.4. The fourth-order valence-corrected chi connectivity index (χ4v) is 3.72. The second-order valence-corrected chi connectivity index (χ2v) is 6.71. The summed E-state index contributed by atoms with van der Waals surface area (Å²) in [5, 5.41) is 6.00. The van der Waals surface area contributed by atoms with Crippen LogP contribution in [0.4, 0.5) is 0 Å². The van der Waals surface area contributed by atoms with Gasteiger partial charge in [-0.15, -0.1) is 11.3 Å². The molecule has 5 heteroatoms. The molecule has 2 unspecified atom stereocenters. The Morgan fingerprint density at radius 1 is 1.32 bits per heavy atom. The molecule has 1 amide bonds. The van der Waals surface area contributed by atoms with Gasteiger partial charge in [-0.05, 0) is 19.3 Å². The van der Waals surface area contributed by atoms with E-state index in [2.05, 4.69) is 10.3 Å². The molecule has 0 spiro atoms. The molecule has 0 aliphatic heterocycles. The predicted octanol–water partition coefficient (Wildman–Crippen LogP) is 2.94. The molecule has 1 heterocycles. The van der Waals surface area contributed by atoms with Crippen LogP contribution in [0.15, 0.2) is 35.7 Å². The van der Waals surface area contributed by atoms with Gasteiger partial charge in [0.05, 0.1) is 12.2 Å². The van der Waals surface area contributed by atoms with Crippen molar-refractivity contribution in [1.29, 1.82) is 0 Å². The second-order valence-electron chi connectivity index (χ2n) is 5.85. The first kappa shape index (κ1) is 15.2. The molecule has 1 aliphatic carbocycles. The summed E-state index contributed by atoms with van der Waals surface area (Å²) in [4.78, 5) is 16.8. The Hall–Kier alpha value is -1.72. The Kier molecular flexibility index (Phi) is 4.85. The lowest BCUT2D eigenvalue weighted by Gasteiger charge is -2.25. The van der Waals surface area contributed by atoms with Crippen molar-refractivity contribution in [2.24, 2.45) is 11.7 Å². The van der Waals surface area contributed by atoms with Gasteiger partial charge < -0.3 is 11.1 Å². The molecule has 2 aromatic rings. The summed E-state index contributed by atoms with van der Waals surface area (Å²) in [6, 6.07) is 10.3. The summed E-state index contributed by atoms with van der Waals surface area (Å²) in [6.07, 6.45) is 3.84. The van der Waals surface area contributed by atoms with Crippen molar-refractivity contribution in [3.8, 4) is 10.6 Å². The molecule has 22 heavy (non-hydrogen) atoms. The number of carbonyl (C=O) groups is 1. The predicted molar refractivity (Wildman–Crippen MR) is 89.3 cm³/mol. The topological polar surface area (TPSA) is 68.0 Å². The maximum absolute atomic E-state index is 12.2. The van der Waals surface area contributed by atoms with Gasteiger partial charge >= 0.3 is 0 Å². The van der Waals surface area contributed by atoms with Gasteiger partial charge in [-0.25, -0.2) is 4.98 Å². The molecule has 3 N–H and O–H groups in total. The number of thiazole rings is 1. The van der Waals surface area contributed by atoms with E-state index in [-0.39, 0.29) is 17.9 Å². The first-order valence-electron chi connectivity index (χ1n) is 7.75. The molecular weight excluding hydrogens is 294 g/mol. The van der Waals surface area contributed by atoms with Crippen molar-refractivity contribution in [1.82, 2.24) is 10.3 Å². The number of aromatic nitrogens is 1. The monoisotopic (exact) mass is 315 g/mol. The van der Waals surface area contributed by atoms with Crippen LogP contribution in [0.1, 0.15) is 31.4 Å². The Labute approximate surface area is 134 Å². The van der Waals surface area contributed by atoms with Gasteiger partial charge in [0.25, 0.3) is 0 Å². The van der Waals surface area contributed by atoms with E-state index in [9.17, 15) is 4.79 Å². The highest BCUT2D eigenvalue weighted by molar-refractivity contribution is 7.13. The van der Waals surface area contributed by atoms with E-state index in [0.717, 1.165) is 41.9 Å². The van der Waals surface area contributed by atoms with Crippen LogP contribution < -0.4 is 11.1 Å². The number of amides is 1. The van der Waals surface area contributed by atoms with Gasteiger partial charge in [-0.1, -0.05) is 36.8 Å². The molecule has 1 aromatic heterocycles. The van der Waals surface area contributed by atoms with Gasteiger partial charge in [0.2, 0.25) is 5.91 Å².